The van der Waals surface area contributed by atoms with Crippen molar-refractivity contribution in [1.29, 1.82) is 0 Å². The van der Waals surface area contributed by atoms with Gasteiger partial charge in [-0.3, -0.25) is 14.5 Å². The number of likely N-dealkylation sites (tertiary alicyclic amines) is 1. The lowest BCUT2D eigenvalue weighted by molar-refractivity contribution is -0.249. The molecule has 2 saturated heterocycles. The Morgan fingerprint density at radius 2 is 1.60 bits per heavy atom. The molecule has 7 heteroatoms. The van der Waals surface area contributed by atoms with Gasteiger partial charge in [-0.05, 0) is 27.7 Å². The first-order valence-electron chi connectivity index (χ1n) is 8.82. The van der Waals surface area contributed by atoms with Gasteiger partial charge in [0.25, 0.3) is 0 Å². The largest absolute Gasteiger partial charge is 0.465 e. The minimum atomic E-state index is -0.671. The lowest BCUT2D eigenvalue weighted by Crippen LogP contribution is -2.66. The molecule has 0 saturated carbocycles. The number of hydrogen-bond acceptors (Lipinski definition) is 7. The first-order valence-corrected chi connectivity index (χ1v) is 8.82. The van der Waals surface area contributed by atoms with Crippen LogP contribution in [0, 0.1) is 0 Å². The fourth-order valence-corrected chi connectivity index (χ4v) is 4.37. The third-order valence-corrected chi connectivity index (χ3v) is 4.87. The van der Waals surface area contributed by atoms with Gasteiger partial charge in [-0.2, -0.15) is 0 Å². The van der Waals surface area contributed by atoms with E-state index in [9.17, 15) is 9.59 Å². The van der Waals surface area contributed by atoms with Gasteiger partial charge in [0.15, 0.2) is 5.79 Å². The number of carbonyl (C=O) groups is 2. The standard InChI is InChI=1S/C18H31NO6/c1-13(20)22-8-7-19-16(3,4)11-18(12-17(19,5)6)24-10-15(25-18)9-23-14(2)21/h15H,7-12H2,1-6H3. The van der Waals surface area contributed by atoms with Crippen LogP contribution < -0.4 is 0 Å². The first kappa shape index (κ1) is 20.1. The van der Waals surface area contributed by atoms with Crippen molar-refractivity contribution in [3.05, 3.63) is 0 Å². The summed E-state index contributed by atoms with van der Waals surface area (Å²) in [4.78, 5) is 24.4. The van der Waals surface area contributed by atoms with Crippen molar-refractivity contribution >= 4 is 11.9 Å². The van der Waals surface area contributed by atoms with Crippen LogP contribution >= 0.6 is 0 Å². The molecule has 0 aromatic rings. The zero-order valence-electron chi connectivity index (χ0n) is 16.2. The topological polar surface area (TPSA) is 74.3 Å². The van der Waals surface area contributed by atoms with Gasteiger partial charge in [0.2, 0.25) is 0 Å². The van der Waals surface area contributed by atoms with Crippen LogP contribution in [0.3, 0.4) is 0 Å². The van der Waals surface area contributed by atoms with E-state index in [4.69, 9.17) is 18.9 Å². The number of rotatable bonds is 5. The highest BCUT2D eigenvalue weighted by Crippen LogP contribution is 2.48. The lowest BCUT2D eigenvalue weighted by Gasteiger charge is -2.57. The molecular weight excluding hydrogens is 326 g/mol. The van der Waals surface area contributed by atoms with Crippen molar-refractivity contribution in [3.8, 4) is 0 Å². The van der Waals surface area contributed by atoms with E-state index in [1.54, 1.807) is 0 Å². The molecule has 25 heavy (non-hydrogen) atoms. The molecule has 1 spiro atoms. The highest BCUT2D eigenvalue weighted by Gasteiger charge is 2.56. The summed E-state index contributed by atoms with van der Waals surface area (Å²) in [6, 6.07) is 0. The highest BCUT2D eigenvalue weighted by molar-refractivity contribution is 5.66. The molecule has 0 aromatic heterocycles. The molecule has 2 aliphatic rings. The van der Waals surface area contributed by atoms with Crippen LogP contribution in [0.25, 0.3) is 0 Å². The van der Waals surface area contributed by atoms with Crippen molar-refractivity contribution in [3.63, 3.8) is 0 Å². The van der Waals surface area contributed by atoms with Gasteiger partial charge in [-0.25, -0.2) is 0 Å². The van der Waals surface area contributed by atoms with Gasteiger partial charge in [0.1, 0.15) is 19.3 Å². The third-order valence-electron chi connectivity index (χ3n) is 4.87. The number of hydrogen-bond donors (Lipinski definition) is 0. The fraction of sp³-hybridized carbons (Fsp3) is 0.889. The monoisotopic (exact) mass is 357 g/mol. The Morgan fingerprint density at radius 3 is 2.12 bits per heavy atom. The van der Waals surface area contributed by atoms with Crippen LogP contribution in [-0.4, -0.2) is 66.2 Å². The molecular formula is C18H31NO6. The van der Waals surface area contributed by atoms with Crippen LogP contribution in [-0.2, 0) is 28.5 Å². The van der Waals surface area contributed by atoms with Crippen molar-refractivity contribution in [2.45, 2.75) is 77.4 Å². The molecule has 1 unspecified atom stereocenters. The summed E-state index contributed by atoms with van der Waals surface area (Å²) in [5.41, 5.74) is -0.392. The molecule has 0 bridgehead atoms. The molecule has 2 aliphatic heterocycles. The van der Waals surface area contributed by atoms with E-state index in [0.717, 1.165) is 0 Å². The molecule has 0 amide bonds. The second-order valence-corrected chi connectivity index (χ2v) is 8.23. The van der Waals surface area contributed by atoms with Gasteiger partial charge in [0, 0.05) is 44.3 Å². The highest BCUT2D eigenvalue weighted by atomic mass is 16.8. The second-order valence-electron chi connectivity index (χ2n) is 8.23. The zero-order chi connectivity index (χ0) is 18.9. The van der Waals surface area contributed by atoms with E-state index in [1.807, 2.05) is 0 Å². The summed E-state index contributed by atoms with van der Waals surface area (Å²) in [5.74, 6) is -1.25. The number of nitrogens with zero attached hydrogens (tertiary/aromatic N) is 1. The van der Waals surface area contributed by atoms with Crippen LogP contribution in [0.1, 0.15) is 54.4 Å². The Kier molecular flexibility index (Phi) is 5.81. The van der Waals surface area contributed by atoms with Crippen molar-refractivity contribution in [2.24, 2.45) is 0 Å². The van der Waals surface area contributed by atoms with Gasteiger partial charge in [-0.15, -0.1) is 0 Å². The maximum Gasteiger partial charge on any atom is 0.302 e. The van der Waals surface area contributed by atoms with E-state index < -0.39 is 5.79 Å². The number of carbonyl (C=O) groups excluding carboxylic acids is 2. The molecule has 0 radical (unpaired) electrons. The van der Waals surface area contributed by atoms with Crippen molar-refractivity contribution in [2.75, 3.05) is 26.4 Å². The Balaban J connectivity index is 2.04. The summed E-state index contributed by atoms with van der Waals surface area (Å²) >= 11 is 0. The van der Waals surface area contributed by atoms with Gasteiger partial charge >= 0.3 is 11.9 Å². The predicted octanol–water partition coefficient (Wildman–Crippen LogP) is 1.88. The number of esters is 2. The number of piperidine rings is 1. The Bertz CT molecular complexity index is 498. The molecule has 2 rings (SSSR count). The maximum absolute atomic E-state index is 11.0. The fourth-order valence-electron chi connectivity index (χ4n) is 4.37. The summed E-state index contributed by atoms with van der Waals surface area (Å²) < 4.78 is 22.4. The Labute approximate surface area is 149 Å². The van der Waals surface area contributed by atoms with Crippen LogP contribution in [0.2, 0.25) is 0 Å². The van der Waals surface area contributed by atoms with Gasteiger partial charge < -0.3 is 18.9 Å². The SMILES string of the molecule is CC(=O)OCCN1C(C)(C)CC2(CC1(C)C)OCC(COC(C)=O)O2. The molecule has 0 aromatic carbocycles. The number of ether oxygens (including phenoxy) is 4. The van der Waals surface area contributed by atoms with E-state index in [2.05, 4.69) is 32.6 Å². The first-order chi connectivity index (χ1) is 11.5. The van der Waals surface area contributed by atoms with E-state index >= 15 is 0 Å². The van der Waals surface area contributed by atoms with E-state index in [1.165, 1.54) is 13.8 Å². The average Bonchev–Trinajstić information content (AvgIpc) is 2.80. The maximum atomic E-state index is 11.0. The van der Waals surface area contributed by atoms with E-state index in [-0.39, 0.29) is 35.7 Å². The second kappa shape index (κ2) is 7.21. The zero-order valence-corrected chi connectivity index (χ0v) is 16.2. The lowest BCUT2D eigenvalue weighted by atomic mass is 9.76. The third kappa shape index (κ3) is 4.92. The quantitative estimate of drug-likeness (QED) is 0.696. The molecule has 1 atom stereocenters. The molecule has 0 N–H and O–H groups in total. The summed E-state index contributed by atoms with van der Waals surface area (Å²) in [6.45, 7) is 13.1. The Morgan fingerprint density at radius 1 is 1.04 bits per heavy atom. The van der Waals surface area contributed by atoms with Gasteiger partial charge in [-0.1, -0.05) is 0 Å². The summed E-state index contributed by atoms with van der Waals surface area (Å²) in [7, 11) is 0. The van der Waals surface area contributed by atoms with Gasteiger partial charge in [0.05, 0.1) is 6.61 Å². The van der Waals surface area contributed by atoms with Crippen LogP contribution in [0.5, 0.6) is 0 Å². The molecule has 2 fully saturated rings. The summed E-state index contributed by atoms with van der Waals surface area (Å²) in [5, 5.41) is 0. The Hall–Kier alpha value is -1.18. The van der Waals surface area contributed by atoms with Crippen LogP contribution in [0.15, 0.2) is 0 Å². The molecule has 2 heterocycles. The van der Waals surface area contributed by atoms with E-state index in [0.29, 0.717) is 32.6 Å². The van der Waals surface area contributed by atoms with Crippen molar-refractivity contribution in [1.82, 2.24) is 4.90 Å². The molecule has 0 aliphatic carbocycles. The molecule has 7 nitrogen and oxygen atoms in total. The average molecular weight is 357 g/mol. The summed E-state index contributed by atoms with van der Waals surface area (Å²) in [6.07, 6.45) is 1.16. The van der Waals surface area contributed by atoms with Crippen LogP contribution in [0.4, 0.5) is 0 Å². The smallest absolute Gasteiger partial charge is 0.302 e. The van der Waals surface area contributed by atoms with Crippen molar-refractivity contribution < 1.29 is 28.5 Å². The minimum Gasteiger partial charge on any atom is -0.465 e. The minimum absolute atomic E-state index is 0.196. The molecule has 144 valence electrons. The normalized spacial score (nSPS) is 27.2. The predicted molar refractivity (Wildman–Crippen MR) is 90.9 cm³/mol.